The third-order valence-corrected chi connectivity index (χ3v) is 12.2. The molecule has 2 atom stereocenters. The van der Waals surface area contributed by atoms with Gasteiger partial charge in [-0.3, -0.25) is 19.5 Å². The van der Waals surface area contributed by atoms with Gasteiger partial charge in [-0.1, -0.05) is 17.7 Å². The maximum Gasteiger partial charge on any atom is 0.271 e. The van der Waals surface area contributed by atoms with E-state index in [1.807, 2.05) is 23.1 Å². The van der Waals surface area contributed by atoms with Gasteiger partial charge in [0.25, 0.3) is 15.9 Å². The largest absolute Gasteiger partial charge is 0.497 e. The number of sulfonamides is 1. The van der Waals surface area contributed by atoms with E-state index >= 15 is 4.79 Å². The molecule has 264 valence electrons. The molecule has 0 saturated carbocycles. The number of anilines is 1. The van der Waals surface area contributed by atoms with Gasteiger partial charge in [-0.15, -0.1) is 0 Å². The molecule has 11 nitrogen and oxygen atoms in total. The zero-order valence-corrected chi connectivity index (χ0v) is 30.3. The van der Waals surface area contributed by atoms with Crippen molar-refractivity contribution < 1.29 is 27.1 Å². The van der Waals surface area contributed by atoms with Crippen LogP contribution in [0.1, 0.15) is 55.3 Å². The minimum absolute atomic E-state index is 0.0460. The molecule has 13 heteroatoms. The number of oxazole rings is 1. The fraction of sp³-hybridized carbons (Fsp3) is 0.405. The van der Waals surface area contributed by atoms with Crippen molar-refractivity contribution in [2.24, 2.45) is 0 Å². The molecule has 3 aromatic carbocycles. The molecule has 0 N–H and O–H groups in total. The number of aromatic nitrogens is 1. The van der Waals surface area contributed by atoms with Gasteiger partial charge in [-0.2, -0.15) is 0 Å². The van der Waals surface area contributed by atoms with Crippen LogP contribution in [0.25, 0.3) is 0 Å². The maximum absolute atomic E-state index is 15.6. The Balaban J connectivity index is 1.43. The molecule has 2 saturated heterocycles. The van der Waals surface area contributed by atoms with E-state index in [4.69, 9.17) is 25.5 Å². The molecule has 0 spiro atoms. The Morgan fingerprint density at radius 1 is 0.960 bits per heavy atom. The zero-order chi connectivity index (χ0) is 35.2. The van der Waals surface area contributed by atoms with E-state index in [-0.39, 0.29) is 10.6 Å². The number of halogens is 1. The Bertz CT molecular complexity index is 1960. The number of carbonyl (C=O) groups excluding carboxylic acids is 1. The summed E-state index contributed by atoms with van der Waals surface area (Å²) in [6.07, 6.45) is 4.48. The second-order valence-electron chi connectivity index (χ2n) is 13.3. The topological polar surface area (TPSA) is 109 Å². The molecule has 1 aromatic heterocycles. The Kier molecular flexibility index (Phi) is 9.42. The molecule has 2 fully saturated rings. The number of likely N-dealkylation sites (tertiary alicyclic amines) is 1. The SMILES string of the molecule is COc1ccc(S(=O)(=O)N2C(=O)C(c3cc(CN4CCN(C(C)C)CC4)ccc3OC)(N3CCCC3c3ncco3)c3cc(Cl)ccc32)cc1. The average Bonchev–Trinajstić information content (AvgIpc) is 3.88. The molecule has 0 aliphatic carbocycles. The number of hydrogen-bond acceptors (Lipinski definition) is 10. The van der Waals surface area contributed by atoms with E-state index in [0.717, 1.165) is 42.5 Å². The Labute approximate surface area is 298 Å². The highest BCUT2D eigenvalue weighted by molar-refractivity contribution is 7.93. The highest BCUT2D eigenvalue weighted by atomic mass is 35.5. The van der Waals surface area contributed by atoms with Crippen molar-refractivity contribution in [1.82, 2.24) is 19.7 Å². The number of methoxy groups -OCH3 is 2. The fourth-order valence-corrected chi connectivity index (χ4v) is 9.42. The third kappa shape index (κ3) is 5.76. The van der Waals surface area contributed by atoms with Crippen LogP contribution in [0, 0.1) is 0 Å². The monoisotopic (exact) mass is 719 g/mol. The van der Waals surface area contributed by atoms with Crippen LogP contribution in [-0.4, -0.2) is 87.0 Å². The van der Waals surface area contributed by atoms with Crippen molar-refractivity contribution in [3.8, 4) is 11.5 Å². The second-order valence-corrected chi connectivity index (χ2v) is 15.5. The van der Waals surface area contributed by atoms with Gasteiger partial charge in [0.2, 0.25) is 5.89 Å². The quantitative estimate of drug-likeness (QED) is 0.203. The molecule has 7 rings (SSSR count). The first-order valence-corrected chi connectivity index (χ1v) is 18.7. The summed E-state index contributed by atoms with van der Waals surface area (Å²) in [7, 11) is -1.34. The number of ether oxygens (including phenoxy) is 2. The number of piperazine rings is 1. The molecule has 4 heterocycles. The Morgan fingerprint density at radius 2 is 1.72 bits per heavy atom. The number of carbonyl (C=O) groups is 1. The lowest BCUT2D eigenvalue weighted by Gasteiger charge is -2.41. The van der Waals surface area contributed by atoms with E-state index in [2.05, 4.69) is 28.6 Å². The maximum atomic E-state index is 15.6. The van der Waals surface area contributed by atoms with Gasteiger partial charge < -0.3 is 13.9 Å². The molecule has 0 bridgehead atoms. The van der Waals surface area contributed by atoms with Gasteiger partial charge in [-0.25, -0.2) is 17.7 Å². The fourth-order valence-electron chi connectivity index (χ4n) is 7.79. The molecule has 3 aliphatic rings. The minimum Gasteiger partial charge on any atom is -0.497 e. The first-order chi connectivity index (χ1) is 24.1. The molecule has 50 heavy (non-hydrogen) atoms. The van der Waals surface area contributed by atoms with Crippen molar-refractivity contribution in [3.63, 3.8) is 0 Å². The summed E-state index contributed by atoms with van der Waals surface area (Å²) < 4.78 is 47.4. The number of benzene rings is 3. The molecular weight excluding hydrogens is 678 g/mol. The second kappa shape index (κ2) is 13.6. The predicted octanol–water partition coefficient (Wildman–Crippen LogP) is 5.69. The number of fused-ring (bicyclic) bond motifs is 1. The summed E-state index contributed by atoms with van der Waals surface area (Å²) in [5.41, 5.74) is 0.542. The number of hydrogen-bond donors (Lipinski definition) is 0. The van der Waals surface area contributed by atoms with Crippen LogP contribution in [0.2, 0.25) is 5.02 Å². The zero-order valence-electron chi connectivity index (χ0n) is 28.7. The summed E-state index contributed by atoms with van der Waals surface area (Å²) >= 11 is 6.72. The average molecular weight is 720 g/mol. The van der Waals surface area contributed by atoms with Gasteiger partial charge in [0.05, 0.1) is 37.0 Å². The molecule has 3 aliphatic heterocycles. The van der Waals surface area contributed by atoms with Crippen LogP contribution in [0.4, 0.5) is 5.69 Å². The Morgan fingerprint density at radius 3 is 2.38 bits per heavy atom. The van der Waals surface area contributed by atoms with Crippen LogP contribution in [0.3, 0.4) is 0 Å². The van der Waals surface area contributed by atoms with E-state index in [9.17, 15) is 8.42 Å². The van der Waals surface area contributed by atoms with Crippen LogP contribution in [0.5, 0.6) is 11.5 Å². The number of rotatable bonds is 10. The summed E-state index contributed by atoms with van der Waals surface area (Å²) in [6.45, 7) is 9.32. The van der Waals surface area contributed by atoms with Gasteiger partial charge in [0.1, 0.15) is 17.8 Å². The summed E-state index contributed by atoms with van der Waals surface area (Å²) in [4.78, 5) is 27.0. The van der Waals surface area contributed by atoms with Gasteiger partial charge >= 0.3 is 0 Å². The summed E-state index contributed by atoms with van der Waals surface area (Å²) in [5, 5.41) is 0.370. The first-order valence-electron chi connectivity index (χ1n) is 16.9. The first kappa shape index (κ1) is 34.5. The summed E-state index contributed by atoms with van der Waals surface area (Å²) in [6, 6.07) is 16.9. The third-order valence-electron chi connectivity index (χ3n) is 10.3. The van der Waals surface area contributed by atoms with Crippen molar-refractivity contribution in [1.29, 1.82) is 0 Å². The normalized spacial score (nSPS) is 22.0. The predicted molar refractivity (Wildman–Crippen MR) is 190 cm³/mol. The van der Waals surface area contributed by atoms with Crippen molar-refractivity contribution in [2.45, 2.75) is 55.8 Å². The van der Waals surface area contributed by atoms with Crippen LogP contribution in [-0.2, 0) is 26.9 Å². The highest BCUT2D eigenvalue weighted by Gasteiger charge is 2.63. The molecular formula is C37H42ClN5O6S. The van der Waals surface area contributed by atoms with E-state index in [1.165, 1.54) is 25.5 Å². The van der Waals surface area contributed by atoms with Crippen LogP contribution < -0.4 is 13.8 Å². The van der Waals surface area contributed by atoms with E-state index < -0.39 is 27.5 Å². The van der Waals surface area contributed by atoms with Gasteiger partial charge in [0, 0.05) is 61.5 Å². The number of amides is 1. The van der Waals surface area contributed by atoms with Crippen LogP contribution in [0.15, 0.2) is 82.4 Å². The van der Waals surface area contributed by atoms with Gasteiger partial charge in [-0.05, 0) is 86.8 Å². The van der Waals surface area contributed by atoms with Crippen LogP contribution >= 0.6 is 11.6 Å². The Hall–Kier alpha value is -3.94. The molecule has 1 amide bonds. The lowest BCUT2D eigenvalue weighted by atomic mass is 9.80. The molecule has 2 unspecified atom stereocenters. The minimum atomic E-state index is -4.42. The lowest BCUT2D eigenvalue weighted by Crippen LogP contribution is -2.54. The van der Waals surface area contributed by atoms with E-state index in [1.54, 1.807) is 43.6 Å². The van der Waals surface area contributed by atoms with E-state index in [0.29, 0.717) is 59.1 Å². The molecule has 0 radical (unpaired) electrons. The number of nitrogens with zero attached hydrogens (tertiary/aromatic N) is 5. The lowest BCUT2D eigenvalue weighted by molar-refractivity contribution is -0.127. The standard InChI is InChI=1S/C37H42ClN5O6S/c1-25(2)41-19-17-40(18-20-41)24-26-7-14-34(48-4)31(22-26)37(42-16-5-6-33(42)35-39-15-21-49-35)30-23-27(38)8-13-32(30)43(36(37)44)50(45,46)29-11-9-28(47-3)10-12-29/h7-15,21-23,25,33H,5-6,16-20,24H2,1-4H3. The van der Waals surface area contributed by atoms with Crippen molar-refractivity contribution in [3.05, 3.63) is 101 Å². The molecule has 4 aromatic rings. The smallest absolute Gasteiger partial charge is 0.271 e. The summed E-state index contributed by atoms with van der Waals surface area (Å²) in [5.74, 6) is 0.758. The van der Waals surface area contributed by atoms with Crippen molar-refractivity contribution in [2.75, 3.05) is 51.2 Å². The van der Waals surface area contributed by atoms with Gasteiger partial charge in [0.15, 0.2) is 5.54 Å². The highest BCUT2D eigenvalue weighted by Crippen LogP contribution is 2.57. The van der Waals surface area contributed by atoms with Crippen molar-refractivity contribution >= 4 is 33.2 Å².